The molecule has 1 N–H and O–H groups in total. The smallest absolute Gasteiger partial charge is 0.339 e. The molecule has 10 nitrogen and oxygen atoms in total. The van der Waals surface area contributed by atoms with Crippen molar-refractivity contribution >= 4 is 29.3 Å². The number of esters is 1. The van der Waals surface area contributed by atoms with Crippen molar-refractivity contribution in [2.24, 2.45) is 5.92 Å². The third-order valence-corrected chi connectivity index (χ3v) is 5.29. The highest BCUT2D eigenvalue weighted by Crippen LogP contribution is 2.32. The Morgan fingerprint density at radius 1 is 1.28 bits per heavy atom. The monoisotopic (exact) mass is 404 g/mol. The maximum atomic E-state index is 12.4. The van der Waals surface area contributed by atoms with Crippen molar-refractivity contribution in [1.82, 2.24) is 10.2 Å². The van der Waals surface area contributed by atoms with E-state index in [-0.39, 0.29) is 17.8 Å². The van der Waals surface area contributed by atoms with E-state index in [1.54, 1.807) is 6.07 Å². The van der Waals surface area contributed by atoms with Crippen molar-refractivity contribution in [3.05, 3.63) is 33.9 Å². The molecular weight excluding hydrogens is 380 g/mol. The molecule has 1 atom stereocenters. The van der Waals surface area contributed by atoms with Crippen LogP contribution < -0.4 is 10.2 Å². The number of imide groups is 1. The van der Waals surface area contributed by atoms with Crippen molar-refractivity contribution in [1.29, 1.82) is 0 Å². The Hall–Kier alpha value is -3.17. The van der Waals surface area contributed by atoms with E-state index in [0.717, 1.165) is 30.8 Å². The van der Waals surface area contributed by atoms with Gasteiger partial charge in [0.25, 0.3) is 11.6 Å². The summed E-state index contributed by atoms with van der Waals surface area (Å²) in [6, 6.07) is 3.65. The number of nitro benzene ring substituents is 1. The third-order valence-electron chi connectivity index (χ3n) is 5.29. The lowest BCUT2D eigenvalue weighted by Crippen LogP contribution is -2.41. The number of nitrogens with one attached hydrogen (secondary N) is 1. The van der Waals surface area contributed by atoms with E-state index in [4.69, 9.17) is 4.74 Å². The second-order valence-electron chi connectivity index (χ2n) is 7.40. The van der Waals surface area contributed by atoms with Gasteiger partial charge in [-0.05, 0) is 37.8 Å². The van der Waals surface area contributed by atoms with Crippen molar-refractivity contribution in [3.8, 4) is 0 Å². The van der Waals surface area contributed by atoms with Crippen molar-refractivity contribution in [2.75, 3.05) is 31.1 Å². The average molecular weight is 404 g/mol. The molecule has 2 aliphatic heterocycles. The van der Waals surface area contributed by atoms with Gasteiger partial charge in [0.15, 0.2) is 6.10 Å². The van der Waals surface area contributed by atoms with Gasteiger partial charge < -0.3 is 15.0 Å². The fourth-order valence-electron chi connectivity index (χ4n) is 3.49. The highest BCUT2D eigenvalue weighted by Gasteiger charge is 2.32. The number of ether oxygens (including phenoxy) is 1. The minimum absolute atomic E-state index is 0.0173. The number of hydrogen-bond donors (Lipinski definition) is 1. The summed E-state index contributed by atoms with van der Waals surface area (Å²) >= 11 is 0. The molecule has 10 heteroatoms. The second-order valence-corrected chi connectivity index (χ2v) is 7.40. The van der Waals surface area contributed by atoms with Crippen LogP contribution in [0.1, 0.15) is 37.0 Å². The zero-order valence-corrected chi connectivity index (χ0v) is 16.4. The van der Waals surface area contributed by atoms with Gasteiger partial charge in [-0.3, -0.25) is 19.8 Å². The number of anilines is 1. The number of rotatable bonds is 5. The maximum Gasteiger partial charge on any atom is 0.339 e. The van der Waals surface area contributed by atoms with Crippen molar-refractivity contribution in [3.63, 3.8) is 0 Å². The van der Waals surface area contributed by atoms with Gasteiger partial charge in [0, 0.05) is 32.2 Å². The predicted octanol–water partition coefficient (Wildman–Crippen LogP) is 1.93. The Morgan fingerprint density at radius 2 is 1.97 bits per heavy atom. The van der Waals surface area contributed by atoms with E-state index in [2.05, 4.69) is 12.2 Å². The van der Waals surface area contributed by atoms with Crippen LogP contribution in [-0.2, 0) is 9.53 Å². The molecule has 0 aliphatic carbocycles. The summed E-state index contributed by atoms with van der Waals surface area (Å²) < 4.78 is 5.15. The molecule has 0 aromatic heterocycles. The molecule has 0 saturated carbocycles. The molecule has 1 aromatic carbocycles. The quantitative estimate of drug-likeness (QED) is 0.452. The Labute approximate surface area is 167 Å². The first kappa shape index (κ1) is 20.6. The first-order valence-corrected chi connectivity index (χ1v) is 9.61. The predicted molar refractivity (Wildman–Crippen MR) is 104 cm³/mol. The van der Waals surface area contributed by atoms with E-state index in [1.807, 2.05) is 4.90 Å². The number of benzene rings is 1. The molecule has 1 aromatic rings. The summed E-state index contributed by atoms with van der Waals surface area (Å²) in [6.45, 7) is 5.50. The lowest BCUT2D eigenvalue weighted by atomic mass is 9.98. The van der Waals surface area contributed by atoms with Gasteiger partial charge >= 0.3 is 12.0 Å². The zero-order valence-electron chi connectivity index (χ0n) is 16.4. The van der Waals surface area contributed by atoms with E-state index < -0.39 is 28.9 Å². The number of carbonyl (C=O) groups is 3. The number of carbonyl (C=O) groups excluding carboxylic acids is 3. The van der Waals surface area contributed by atoms with Gasteiger partial charge in [-0.25, -0.2) is 9.59 Å². The fourth-order valence-corrected chi connectivity index (χ4v) is 3.49. The average Bonchev–Trinajstić information content (AvgIpc) is 3.13. The van der Waals surface area contributed by atoms with Crippen LogP contribution in [0, 0.1) is 16.0 Å². The molecule has 2 saturated heterocycles. The Balaban J connectivity index is 1.73. The number of urea groups is 1. The SMILES string of the molecule is CC1CCN(c2ccc(C(=O)OC(C)C(=O)N3CCNC3=O)cc2[N+](=O)[O-])CC1. The molecule has 0 radical (unpaired) electrons. The van der Waals surface area contributed by atoms with E-state index in [0.29, 0.717) is 18.2 Å². The van der Waals surface area contributed by atoms with Crippen LogP contribution in [-0.4, -0.2) is 60.0 Å². The lowest BCUT2D eigenvalue weighted by Gasteiger charge is -2.31. The molecule has 29 heavy (non-hydrogen) atoms. The molecule has 156 valence electrons. The molecule has 0 bridgehead atoms. The highest BCUT2D eigenvalue weighted by atomic mass is 16.6. The summed E-state index contributed by atoms with van der Waals surface area (Å²) in [5.41, 5.74) is 0.277. The van der Waals surface area contributed by atoms with E-state index in [1.165, 1.54) is 19.1 Å². The number of nitrogens with zero attached hydrogens (tertiary/aromatic N) is 3. The first-order chi connectivity index (χ1) is 13.8. The Kier molecular flexibility index (Phi) is 6.00. The van der Waals surface area contributed by atoms with Gasteiger partial charge in [-0.2, -0.15) is 0 Å². The number of amides is 3. The largest absolute Gasteiger partial charge is 0.449 e. The standard InChI is InChI=1S/C19H24N4O6/c1-12-5-8-21(9-6-12)15-4-3-14(11-16(15)23(27)28)18(25)29-13(2)17(24)22-10-7-20-19(22)26/h3-4,11-13H,5-10H2,1-2H3,(H,20,26). The minimum atomic E-state index is -1.19. The highest BCUT2D eigenvalue weighted by molar-refractivity contribution is 5.99. The van der Waals surface area contributed by atoms with Crippen LogP contribution in [0.3, 0.4) is 0 Å². The summed E-state index contributed by atoms with van der Waals surface area (Å²) in [4.78, 5) is 50.2. The molecule has 1 unspecified atom stereocenters. The van der Waals surface area contributed by atoms with Crippen LogP contribution in [0.5, 0.6) is 0 Å². The van der Waals surface area contributed by atoms with E-state index >= 15 is 0 Å². The summed E-state index contributed by atoms with van der Waals surface area (Å²) in [6.07, 6.45) is 0.712. The second kappa shape index (κ2) is 8.46. The number of piperidine rings is 1. The minimum Gasteiger partial charge on any atom is -0.449 e. The van der Waals surface area contributed by atoms with Gasteiger partial charge in [0.1, 0.15) is 5.69 Å². The molecule has 2 heterocycles. The van der Waals surface area contributed by atoms with Gasteiger partial charge in [0.05, 0.1) is 10.5 Å². The first-order valence-electron chi connectivity index (χ1n) is 9.61. The topological polar surface area (TPSA) is 122 Å². The fraction of sp³-hybridized carbons (Fsp3) is 0.526. The molecule has 2 aliphatic rings. The molecule has 3 amide bonds. The van der Waals surface area contributed by atoms with Gasteiger partial charge in [-0.15, -0.1) is 0 Å². The van der Waals surface area contributed by atoms with Gasteiger partial charge in [-0.1, -0.05) is 6.92 Å². The van der Waals surface area contributed by atoms with Crippen molar-refractivity contribution < 1.29 is 24.0 Å². The van der Waals surface area contributed by atoms with Gasteiger partial charge in [0.2, 0.25) is 0 Å². The number of nitro groups is 1. The summed E-state index contributed by atoms with van der Waals surface area (Å²) in [5.74, 6) is -0.912. The summed E-state index contributed by atoms with van der Waals surface area (Å²) in [7, 11) is 0. The number of hydrogen-bond acceptors (Lipinski definition) is 7. The molecular formula is C19H24N4O6. The summed E-state index contributed by atoms with van der Waals surface area (Å²) in [5, 5.41) is 14.1. The third kappa shape index (κ3) is 4.47. The van der Waals surface area contributed by atoms with E-state index in [9.17, 15) is 24.5 Å². The van der Waals surface area contributed by atoms with Crippen LogP contribution in [0.25, 0.3) is 0 Å². The zero-order chi connectivity index (χ0) is 21.1. The molecule has 3 rings (SSSR count). The Morgan fingerprint density at radius 3 is 2.55 bits per heavy atom. The lowest BCUT2D eigenvalue weighted by molar-refractivity contribution is -0.384. The maximum absolute atomic E-state index is 12.4. The normalized spacial score (nSPS) is 18.3. The molecule has 2 fully saturated rings. The Bertz CT molecular complexity index is 834. The van der Waals surface area contributed by atoms with Crippen LogP contribution in [0.15, 0.2) is 18.2 Å². The van der Waals surface area contributed by atoms with Crippen LogP contribution in [0.4, 0.5) is 16.2 Å². The van der Waals surface area contributed by atoms with Crippen molar-refractivity contribution in [2.45, 2.75) is 32.8 Å². The molecule has 0 spiro atoms. The van der Waals surface area contributed by atoms with Crippen LogP contribution >= 0.6 is 0 Å². The van der Waals surface area contributed by atoms with Crippen LogP contribution in [0.2, 0.25) is 0 Å².